The molecule has 0 amide bonds. The molecule has 0 atom stereocenters. The van der Waals surface area contributed by atoms with Crippen LogP contribution < -0.4 is 5.32 Å². The minimum atomic E-state index is -0.409. The molecule has 1 N–H and O–H groups in total. The van der Waals surface area contributed by atoms with E-state index >= 15 is 0 Å². The lowest BCUT2D eigenvalue weighted by Gasteiger charge is -2.25. The summed E-state index contributed by atoms with van der Waals surface area (Å²) in [6.45, 7) is 4.74. The van der Waals surface area contributed by atoms with Gasteiger partial charge in [-0.15, -0.1) is 0 Å². The normalized spacial score (nSPS) is 17.8. The lowest BCUT2D eigenvalue weighted by atomic mass is 10.2. The Labute approximate surface area is 99.9 Å². The molecule has 0 radical (unpaired) electrons. The van der Waals surface area contributed by atoms with E-state index in [2.05, 4.69) is 10.2 Å². The monoisotopic (exact) mass is 238 g/mol. The molecule has 2 nitrogen and oxygen atoms in total. The van der Waals surface area contributed by atoms with E-state index in [1.54, 1.807) is 6.08 Å². The van der Waals surface area contributed by atoms with Gasteiger partial charge in [-0.25, -0.2) is 8.78 Å². The summed E-state index contributed by atoms with van der Waals surface area (Å²) in [6, 6.07) is 3.49. The molecule has 1 aromatic carbocycles. The Bertz CT molecular complexity index is 398. The second-order valence-corrected chi connectivity index (χ2v) is 4.12. The van der Waals surface area contributed by atoms with Crippen molar-refractivity contribution in [2.75, 3.05) is 32.7 Å². The van der Waals surface area contributed by atoms with Crippen molar-refractivity contribution in [1.82, 2.24) is 10.2 Å². The Morgan fingerprint density at radius 1 is 1.24 bits per heavy atom. The summed E-state index contributed by atoms with van der Waals surface area (Å²) in [5.41, 5.74) is 0.306. The third-order valence-corrected chi connectivity index (χ3v) is 2.83. The number of nitrogens with one attached hydrogen (secondary N) is 1. The minimum absolute atomic E-state index is 0.306. The predicted molar refractivity (Wildman–Crippen MR) is 64.7 cm³/mol. The topological polar surface area (TPSA) is 15.3 Å². The molecule has 0 unspecified atom stereocenters. The van der Waals surface area contributed by atoms with Gasteiger partial charge in [-0.2, -0.15) is 0 Å². The first-order valence-corrected chi connectivity index (χ1v) is 5.80. The molecule has 1 aliphatic rings. The van der Waals surface area contributed by atoms with Crippen LogP contribution in [0.3, 0.4) is 0 Å². The summed E-state index contributed by atoms with van der Waals surface area (Å²) in [5, 5.41) is 3.26. The Kier molecular flexibility index (Phi) is 4.23. The number of hydrogen-bond donors (Lipinski definition) is 1. The first kappa shape index (κ1) is 12.2. The number of piperazine rings is 1. The van der Waals surface area contributed by atoms with Crippen molar-refractivity contribution >= 4 is 6.08 Å². The fourth-order valence-corrected chi connectivity index (χ4v) is 1.86. The number of rotatable bonds is 3. The molecule has 17 heavy (non-hydrogen) atoms. The first-order valence-electron chi connectivity index (χ1n) is 5.80. The highest BCUT2D eigenvalue weighted by molar-refractivity contribution is 5.50. The third kappa shape index (κ3) is 3.61. The van der Waals surface area contributed by atoms with E-state index in [9.17, 15) is 8.78 Å². The average molecular weight is 238 g/mol. The number of nitrogens with zero attached hydrogens (tertiary/aromatic N) is 1. The molecule has 4 heteroatoms. The van der Waals surface area contributed by atoms with Crippen LogP contribution >= 0.6 is 0 Å². The van der Waals surface area contributed by atoms with E-state index in [1.807, 2.05) is 6.08 Å². The van der Waals surface area contributed by atoms with Gasteiger partial charge in [-0.3, -0.25) is 4.90 Å². The van der Waals surface area contributed by atoms with Crippen LogP contribution in [0.2, 0.25) is 0 Å². The molecule has 2 rings (SSSR count). The highest BCUT2D eigenvalue weighted by Gasteiger charge is 2.07. The summed E-state index contributed by atoms with van der Waals surface area (Å²) in [4.78, 5) is 2.27. The molecule has 1 fully saturated rings. The zero-order valence-electron chi connectivity index (χ0n) is 9.63. The fourth-order valence-electron chi connectivity index (χ4n) is 1.86. The summed E-state index contributed by atoms with van der Waals surface area (Å²) in [6.07, 6.45) is 3.52. The van der Waals surface area contributed by atoms with Gasteiger partial charge in [0.05, 0.1) is 0 Å². The van der Waals surface area contributed by atoms with E-state index in [0.717, 1.165) is 44.9 Å². The molecule has 0 spiro atoms. The fraction of sp³-hybridized carbons (Fsp3) is 0.385. The van der Waals surface area contributed by atoms with Crippen molar-refractivity contribution in [2.24, 2.45) is 0 Å². The van der Waals surface area contributed by atoms with Gasteiger partial charge < -0.3 is 5.32 Å². The summed E-state index contributed by atoms with van der Waals surface area (Å²) >= 11 is 0. The van der Waals surface area contributed by atoms with Crippen LogP contribution in [0.25, 0.3) is 6.08 Å². The molecule has 1 aliphatic heterocycles. The Morgan fingerprint density at radius 3 is 2.76 bits per heavy atom. The second kappa shape index (κ2) is 5.89. The summed E-state index contributed by atoms with van der Waals surface area (Å²) < 4.78 is 26.2. The zero-order valence-corrected chi connectivity index (χ0v) is 9.63. The summed E-state index contributed by atoms with van der Waals surface area (Å²) in [7, 11) is 0. The van der Waals surface area contributed by atoms with E-state index in [-0.39, 0.29) is 5.82 Å². The highest BCUT2D eigenvalue weighted by Crippen LogP contribution is 2.11. The van der Waals surface area contributed by atoms with Gasteiger partial charge in [-0.1, -0.05) is 12.2 Å². The van der Waals surface area contributed by atoms with Gasteiger partial charge in [0.15, 0.2) is 0 Å². The molecule has 0 aromatic heterocycles. The van der Waals surface area contributed by atoms with E-state index < -0.39 is 5.82 Å². The van der Waals surface area contributed by atoms with E-state index in [4.69, 9.17) is 0 Å². The maximum Gasteiger partial charge on any atom is 0.130 e. The Balaban J connectivity index is 1.92. The lowest BCUT2D eigenvalue weighted by molar-refractivity contribution is 0.265. The van der Waals surface area contributed by atoms with Crippen molar-refractivity contribution in [3.63, 3.8) is 0 Å². The molecule has 1 heterocycles. The smallest absolute Gasteiger partial charge is 0.130 e. The molecule has 0 bridgehead atoms. The van der Waals surface area contributed by atoms with Crippen molar-refractivity contribution in [3.05, 3.63) is 41.5 Å². The van der Waals surface area contributed by atoms with Crippen molar-refractivity contribution in [2.45, 2.75) is 0 Å². The molecule has 1 saturated heterocycles. The number of hydrogen-bond acceptors (Lipinski definition) is 2. The Hall–Kier alpha value is -1.26. The minimum Gasteiger partial charge on any atom is -0.314 e. The van der Waals surface area contributed by atoms with Crippen LogP contribution in [0.15, 0.2) is 24.3 Å². The average Bonchev–Trinajstić information content (AvgIpc) is 2.35. The largest absolute Gasteiger partial charge is 0.314 e. The molecular formula is C13H16F2N2. The second-order valence-electron chi connectivity index (χ2n) is 4.12. The van der Waals surface area contributed by atoms with Crippen molar-refractivity contribution < 1.29 is 8.78 Å². The van der Waals surface area contributed by atoms with Gasteiger partial charge in [0, 0.05) is 38.3 Å². The van der Waals surface area contributed by atoms with Gasteiger partial charge >= 0.3 is 0 Å². The van der Waals surface area contributed by atoms with Crippen molar-refractivity contribution in [3.8, 4) is 0 Å². The quantitative estimate of drug-likeness (QED) is 0.865. The molecule has 0 saturated carbocycles. The van der Waals surface area contributed by atoms with Crippen LogP contribution in [0.1, 0.15) is 5.56 Å². The van der Waals surface area contributed by atoms with Gasteiger partial charge in [0.25, 0.3) is 0 Å². The summed E-state index contributed by atoms with van der Waals surface area (Å²) in [5.74, 6) is -0.795. The predicted octanol–water partition coefficient (Wildman–Crippen LogP) is 1.88. The van der Waals surface area contributed by atoms with Crippen LogP contribution in [-0.4, -0.2) is 37.6 Å². The van der Waals surface area contributed by atoms with Crippen LogP contribution in [0.4, 0.5) is 8.78 Å². The van der Waals surface area contributed by atoms with Crippen LogP contribution in [0.5, 0.6) is 0 Å². The highest BCUT2D eigenvalue weighted by atomic mass is 19.1. The Morgan fingerprint density at radius 2 is 2.00 bits per heavy atom. The molecule has 1 aromatic rings. The number of halogens is 2. The standard InChI is InChI=1S/C13H16F2N2/c14-12-3-4-13(15)11(10-12)2-1-7-17-8-5-16-6-9-17/h1-4,10,16H,5-9H2/b2-1+. The molecular weight excluding hydrogens is 222 g/mol. The first-order chi connectivity index (χ1) is 8.25. The van der Waals surface area contributed by atoms with Crippen LogP contribution in [0, 0.1) is 11.6 Å². The lowest BCUT2D eigenvalue weighted by Crippen LogP contribution is -2.43. The third-order valence-electron chi connectivity index (χ3n) is 2.83. The van der Waals surface area contributed by atoms with E-state index in [0.29, 0.717) is 5.56 Å². The van der Waals surface area contributed by atoms with Crippen LogP contribution in [-0.2, 0) is 0 Å². The number of benzene rings is 1. The maximum atomic E-state index is 13.3. The maximum absolute atomic E-state index is 13.3. The van der Waals surface area contributed by atoms with Gasteiger partial charge in [-0.05, 0) is 18.2 Å². The van der Waals surface area contributed by atoms with Crippen molar-refractivity contribution in [1.29, 1.82) is 0 Å². The van der Waals surface area contributed by atoms with Gasteiger partial charge in [0.2, 0.25) is 0 Å². The molecule has 0 aliphatic carbocycles. The zero-order chi connectivity index (χ0) is 12.1. The SMILES string of the molecule is Fc1ccc(F)c(/C=C/CN2CCNCC2)c1. The van der Waals surface area contributed by atoms with E-state index in [1.165, 1.54) is 6.07 Å². The van der Waals surface area contributed by atoms with Gasteiger partial charge in [0.1, 0.15) is 11.6 Å². The molecule has 92 valence electrons.